The molecule has 0 radical (unpaired) electrons. The first-order valence-electron chi connectivity index (χ1n) is 12.8. The molecule has 9 heteroatoms. The maximum Gasteiger partial charge on any atom is 0.339 e. The maximum absolute atomic E-state index is 13.8. The van der Waals surface area contributed by atoms with E-state index in [0.29, 0.717) is 53.1 Å². The van der Waals surface area contributed by atoms with Crippen LogP contribution in [0, 0.1) is 0 Å². The van der Waals surface area contributed by atoms with Gasteiger partial charge in [-0.3, -0.25) is 4.79 Å². The number of carboxylic acid groups (broad SMARTS) is 1. The first-order chi connectivity index (χ1) is 19.8. The molecule has 0 aliphatic rings. The minimum absolute atomic E-state index is 0.00140. The molecule has 8 nitrogen and oxygen atoms in total. The number of carbonyl (C=O) groups excluding carboxylic acids is 1. The van der Waals surface area contributed by atoms with E-state index in [1.54, 1.807) is 29.2 Å². The fraction of sp³-hybridized carbons (Fsp3) is 0.188. The van der Waals surface area contributed by atoms with Crippen molar-refractivity contribution < 1.29 is 33.6 Å². The van der Waals surface area contributed by atoms with Gasteiger partial charge in [-0.1, -0.05) is 54.1 Å². The van der Waals surface area contributed by atoms with Crippen molar-refractivity contribution in [1.29, 1.82) is 0 Å². The van der Waals surface area contributed by atoms with Crippen LogP contribution in [0.1, 0.15) is 31.8 Å². The van der Waals surface area contributed by atoms with Gasteiger partial charge in [-0.2, -0.15) is 0 Å². The Morgan fingerprint density at radius 3 is 2.02 bits per heavy atom. The zero-order valence-electron chi connectivity index (χ0n) is 22.9. The Hall–Kier alpha value is -4.69. The molecule has 0 heterocycles. The number of methoxy groups -OCH3 is 3. The second-order valence-corrected chi connectivity index (χ2v) is 9.50. The van der Waals surface area contributed by atoms with Crippen LogP contribution in [-0.4, -0.2) is 49.8 Å². The van der Waals surface area contributed by atoms with Crippen molar-refractivity contribution in [3.63, 3.8) is 0 Å². The Balaban J connectivity index is 1.59. The van der Waals surface area contributed by atoms with E-state index in [-0.39, 0.29) is 17.2 Å². The topological polar surface area (TPSA) is 94.5 Å². The largest absolute Gasteiger partial charge is 0.493 e. The van der Waals surface area contributed by atoms with Gasteiger partial charge in [0.1, 0.15) is 17.1 Å². The van der Waals surface area contributed by atoms with Gasteiger partial charge < -0.3 is 29.0 Å². The van der Waals surface area contributed by atoms with Crippen molar-refractivity contribution >= 4 is 23.5 Å². The number of ether oxygens (including phenoxy) is 4. The second kappa shape index (κ2) is 13.6. The number of rotatable bonds is 12. The summed E-state index contributed by atoms with van der Waals surface area (Å²) in [6.45, 7) is 0.780. The monoisotopic (exact) mass is 575 g/mol. The lowest BCUT2D eigenvalue weighted by molar-refractivity contribution is 0.0692. The predicted molar refractivity (Wildman–Crippen MR) is 156 cm³/mol. The molecule has 0 bridgehead atoms. The van der Waals surface area contributed by atoms with Crippen LogP contribution in [0.3, 0.4) is 0 Å². The molecule has 0 saturated heterocycles. The Labute approximate surface area is 243 Å². The molecule has 0 aliphatic carbocycles. The van der Waals surface area contributed by atoms with Gasteiger partial charge in [-0.25, -0.2) is 4.79 Å². The molecule has 4 aromatic rings. The molecule has 0 aliphatic heterocycles. The smallest absolute Gasteiger partial charge is 0.339 e. The predicted octanol–water partition coefficient (Wildman–Crippen LogP) is 6.74. The van der Waals surface area contributed by atoms with E-state index in [9.17, 15) is 14.7 Å². The Bertz CT molecular complexity index is 1480. The van der Waals surface area contributed by atoms with Gasteiger partial charge in [0.05, 0.1) is 21.3 Å². The third kappa shape index (κ3) is 7.29. The number of hydrogen-bond acceptors (Lipinski definition) is 6. The molecule has 4 rings (SSSR count). The fourth-order valence-electron chi connectivity index (χ4n) is 4.32. The summed E-state index contributed by atoms with van der Waals surface area (Å²) in [5.74, 6) is 0.440. The van der Waals surface area contributed by atoms with Gasteiger partial charge in [-0.05, 0) is 53.9 Å². The lowest BCUT2D eigenvalue weighted by Gasteiger charge is -2.24. The summed E-state index contributed by atoms with van der Waals surface area (Å²) in [5.41, 5.74) is 2.36. The summed E-state index contributed by atoms with van der Waals surface area (Å²) in [7, 11) is 4.52. The average molecular weight is 576 g/mol. The molecule has 1 amide bonds. The van der Waals surface area contributed by atoms with E-state index in [2.05, 4.69) is 0 Å². The first-order valence-corrected chi connectivity index (χ1v) is 13.1. The van der Waals surface area contributed by atoms with Crippen LogP contribution in [0.4, 0.5) is 0 Å². The maximum atomic E-state index is 13.8. The van der Waals surface area contributed by atoms with Gasteiger partial charge in [0.2, 0.25) is 5.75 Å². The van der Waals surface area contributed by atoms with Gasteiger partial charge in [0.15, 0.2) is 11.5 Å². The standard InChI is InChI=1S/C32H30ClNO7/c1-38-28-17-23(18-29(39-2)30(28)40-3)31(35)34(16-15-21-7-5-4-6-8-21)20-22-9-12-25(13-10-22)41-27-19-24(33)11-14-26(27)32(36)37/h4-14,17-19H,15-16,20H2,1-3H3,(H,36,37). The van der Waals surface area contributed by atoms with Crippen LogP contribution < -0.4 is 18.9 Å². The van der Waals surface area contributed by atoms with Crippen molar-refractivity contribution in [3.8, 4) is 28.7 Å². The summed E-state index contributed by atoms with van der Waals surface area (Å²) in [5, 5.41) is 9.83. The summed E-state index contributed by atoms with van der Waals surface area (Å²) in [6.07, 6.45) is 0.658. The molecule has 4 aromatic carbocycles. The Kier molecular flexibility index (Phi) is 9.71. The van der Waals surface area contributed by atoms with Crippen LogP contribution in [0.2, 0.25) is 5.02 Å². The third-order valence-electron chi connectivity index (χ3n) is 6.41. The molecule has 41 heavy (non-hydrogen) atoms. The molecule has 0 fully saturated rings. The van der Waals surface area contributed by atoms with Gasteiger partial charge in [-0.15, -0.1) is 0 Å². The summed E-state index contributed by atoms with van der Waals surface area (Å²) >= 11 is 6.05. The highest BCUT2D eigenvalue weighted by atomic mass is 35.5. The summed E-state index contributed by atoms with van der Waals surface area (Å²) in [6, 6.07) is 24.7. The van der Waals surface area contributed by atoms with Crippen molar-refractivity contribution in [2.24, 2.45) is 0 Å². The van der Waals surface area contributed by atoms with Crippen molar-refractivity contribution in [2.45, 2.75) is 13.0 Å². The summed E-state index contributed by atoms with van der Waals surface area (Å²) < 4.78 is 22.1. The van der Waals surface area contributed by atoms with Gasteiger partial charge in [0, 0.05) is 29.7 Å². The molecule has 0 saturated carbocycles. The lowest BCUT2D eigenvalue weighted by Crippen LogP contribution is -2.32. The number of amides is 1. The van der Waals surface area contributed by atoms with Crippen LogP contribution in [-0.2, 0) is 13.0 Å². The molecular formula is C32H30ClNO7. The van der Waals surface area contributed by atoms with Crippen molar-refractivity contribution in [2.75, 3.05) is 27.9 Å². The summed E-state index contributed by atoms with van der Waals surface area (Å²) in [4.78, 5) is 27.2. The normalized spacial score (nSPS) is 10.5. The van der Waals surface area contributed by atoms with Crippen LogP contribution in [0.15, 0.2) is 84.9 Å². The minimum atomic E-state index is -1.12. The van der Waals surface area contributed by atoms with E-state index < -0.39 is 5.97 Å². The van der Waals surface area contributed by atoms with Gasteiger partial charge in [0.25, 0.3) is 5.91 Å². The number of carbonyl (C=O) groups is 2. The molecule has 0 unspecified atom stereocenters. The second-order valence-electron chi connectivity index (χ2n) is 9.07. The van der Waals surface area contributed by atoms with Crippen molar-refractivity contribution in [3.05, 3.63) is 112 Å². The number of carboxylic acids is 1. The third-order valence-corrected chi connectivity index (χ3v) is 6.65. The number of nitrogens with zero attached hydrogens (tertiary/aromatic N) is 1. The number of hydrogen-bond donors (Lipinski definition) is 1. The van der Waals surface area contributed by atoms with Crippen LogP contribution in [0.25, 0.3) is 0 Å². The molecule has 1 N–H and O–H groups in total. The molecule has 0 atom stereocenters. The average Bonchev–Trinajstić information content (AvgIpc) is 2.99. The Morgan fingerprint density at radius 2 is 1.44 bits per heavy atom. The first kappa shape index (κ1) is 29.3. The lowest BCUT2D eigenvalue weighted by atomic mass is 10.1. The number of halogens is 1. The Morgan fingerprint density at radius 1 is 0.780 bits per heavy atom. The van der Waals surface area contributed by atoms with E-state index >= 15 is 0 Å². The van der Waals surface area contributed by atoms with E-state index in [4.69, 9.17) is 30.5 Å². The minimum Gasteiger partial charge on any atom is -0.493 e. The molecule has 212 valence electrons. The fourth-order valence-corrected chi connectivity index (χ4v) is 4.48. The number of benzene rings is 4. The quantitative estimate of drug-likeness (QED) is 0.200. The highest BCUT2D eigenvalue weighted by Crippen LogP contribution is 2.38. The van der Waals surface area contributed by atoms with E-state index in [0.717, 1.165) is 11.1 Å². The van der Waals surface area contributed by atoms with Gasteiger partial charge >= 0.3 is 5.97 Å². The zero-order valence-corrected chi connectivity index (χ0v) is 23.7. The zero-order chi connectivity index (χ0) is 29.4. The van der Waals surface area contributed by atoms with Crippen molar-refractivity contribution in [1.82, 2.24) is 4.90 Å². The highest BCUT2D eigenvalue weighted by molar-refractivity contribution is 6.30. The van der Waals surface area contributed by atoms with Crippen LogP contribution in [0.5, 0.6) is 28.7 Å². The van der Waals surface area contributed by atoms with E-state index in [1.165, 1.54) is 39.5 Å². The van der Waals surface area contributed by atoms with Crippen LogP contribution >= 0.6 is 11.6 Å². The number of aromatic carboxylic acids is 1. The molecule has 0 spiro atoms. The highest BCUT2D eigenvalue weighted by Gasteiger charge is 2.22. The molecular weight excluding hydrogens is 546 g/mol. The molecule has 0 aromatic heterocycles. The van der Waals surface area contributed by atoms with E-state index in [1.807, 2.05) is 42.5 Å². The SMILES string of the molecule is COc1cc(C(=O)N(CCc2ccccc2)Cc2ccc(Oc3cc(Cl)ccc3C(=O)O)cc2)cc(OC)c1OC.